The summed E-state index contributed by atoms with van der Waals surface area (Å²) < 4.78 is 49.0. The van der Waals surface area contributed by atoms with Gasteiger partial charge in [0.15, 0.2) is 5.69 Å². The summed E-state index contributed by atoms with van der Waals surface area (Å²) in [5.74, 6) is -8.80. The van der Waals surface area contributed by atoms with Gasteiger partial charge >= 0.3 is 24.2 Å². The van der Waals surface area contributed by atoms with Crippen LogP contribution < -0.4 is 5.32 Å². The minimum atomic E-state index is -4.91. The van der Waals surface area contributed by atoms with E-state index in [-0.39, 0.29) is 0 Å². The second kappa shape index (κ2) is 4.98. The van der Waals surface area contributed by atoms with E-state index in [9.17, 15) is 27.2 Å². The fourth-order valence-electron chi connectivity index (χ4n) is 0.981. The molecule has 0 aromatic carbocycles. The molecule has 0 unspecified atom stereocenters. The predicted molar refractivity (Wildman–Crippen MR) is 50.8 cm³/mol. The van der Waals surface area contributed by atoms with E-state index in [0.29, 0.717) is 0 Å². The van der Waals surface area contributed by atoms with Gasteiger partial charge in [-0.2, -0.15) is 8.78 Å². The van der Waals surface area contributed by atoms with Crippen molar-refractivity contribution in [3.63, 3.8) is 0 Å². The number of aromatic nitrogens is 1. The highest BCUT2D eigenvalue weighted by Crippen LogP contribution is 2.25. The fraction of sp³-hybridized carbons (Fsp3) is 0.222. The third-order valence-corrected chi connectivity index (χ3v) is 1.84. The molecule has 0 aliphatic rings. The summed E-state index contributed by atoms with van der Waals surface area (Å²) in [6, 6.07) is 2.11. The Morgan fingerprint density at radius 2 is 2.00 bits per heavy atom. The van der Waals surface area contributed by atoms with Gasteiger partial charge in [-0.1, -0.05) is 0 Å². The van der Waals surface area contributed by atoms with E-state index in [0.717, 1.165) is 18.3 Å². The Bertz CT molecular complexity index is 479. The lowest BCUT2D eigenvalue weighted by atomic mass is 10.2. The van der Waals surface area contributed by atoms with Gasteiger partial charge in [0.25, 0.3) is 0 Å². The number of halogens is 4. The Labute approximate surface area is 97.4 Å². The highest BCUT2D eigenvalue weighted by Gasteiger charge is 2.49. The van der Waals surface area contributed by atoms with Gasteiger partial charge < -0.3 is 10.4 Å². The van der Waals surface area contributed by atoms with Crippen LogP contribution in [-0.2, 0) is 4.79 Å². The summed E-state index contributed by atoms with van der Waals surface area (Å²) in [6.45, 7) is 0. The summed E-state index contributed by atoms with van der Waals surface area (Å²) in [6.07, 6.45) is -3.15. The van der Waals surface area contributed by atoms with Crippen LogP contribution in [0.4, 0.5) is 23.2 Å². The minimum absolute atomic E-state index is 0.588. The molecule has 5 nitrogen and oxygen atoms in total. The van der Waals surface area contributed by atoms with Crippen molar-refractivity contribution in [2.75, 3.05) is 5.32 Å². The number of carboxylic acids is 1. The number of nitrogens with one attached hydrogen (secondary N) is 1. The van der Waals surface area contributed by atoms with Crippen molar-refractivity contribution in [3.05, 3.63) is 24.0 Å². The molecule has 0 fully saturated rings. The number of amides is 1. The molecule has 1 aromatic heterocycles. The monoisotopic (exact) mass is 266 g/mol. The molecule has 0 spiro atoms. The van der Waals surface area contributed by atoms with Crippen molar-refractivity contribution in [1.29, 1.82) is 0 Å². The van der Waals surface area contributed by atoms with E-state index < -0.39 is 35.6 Å². The van der Waals surface area contributed by atoms with Crippen LogP contribution >= 0.6 is 0 Å². The summed E-state index contributed by atoms with van der Waals surface area (Å²) in [5, 5.41) is 10.0. The van der Waals surface area contributed by atoms with Crippen LogP contribution in [0.1, 0.15) is 10.5 Å². The number of hydrogen-bond donors (Lipinski definition) is 2. The van der Waals surface area contributed by atoms with Crippen LogP contribution in [0.3, 0.4) is 0 Å². The average Bonchev–Trinajstić information content (AvgIpc) is 2.29. The molecular weight excluding hydrogens is 260 g/mol. The molecule has 0 atom stereocenters. The topological polar surface area (TPSA) is 79.3 Å². The zero-order valence-electron chi connectivity index (χ0n) is 8.53. The largest absolute Gasteiger partial charge is 0.476 e. The standard InChI is InChI=1S/C9H6F4N2O3/c10-7(11)9(12,13)8(18)15-4-2-1-3-14-5(4)6(16)17/h1-3,7H,(H,15,18)(H,16,17). The number of nitrogens with zero attached hydrogens (tertiary/aromatic N) is 1. The lowest BCUT2D eigenvalue weighted by molar-refractivity contribution is -0.163. The molecule has 1 heterocycles. The van der Waals surface area contributed by atoms with Crippen LogP contribution in [0, 0.1) is 0 Å². The number of hydrogen-bond acceptors (Lipinski definition) is 3. The van der Waals surface area contributed by atoms with E-state index >= 15 is 0 Å². The quantitative estimate of drug-likeness (QED) is 0.811. The number of aromatic carboxylic acids is 1. The molecule has 0 radical (unpaired) electrons. The normalized spacial score (nSPS) is 11.4. The Hall–Kier alpha value is -2.19. The van der Waals surface area contributed by atoms with Gasteiger partial charge in [-0.25, -0.2) is 18.6 Å². The Morgan fingerprint density at radius 1 is 1.39 bits per heavy atom. The molecule has 2 N–H and O–H groups in total. The molecular formula is C9H6F4N2O3. The molecule has 0 aliphatic heterocycles. The van der Waals surface area contributed by atoms with E-state index in [1.807, 2.05) is 0 Å². The molecule has 9 heteroatoms. The molecule has 0 aliphatic carbocycles. The number of carboxylic acid groups (broad SMARTS) is 1. The lowest BCUT2D eigenvalue weighted by Gasteiger charge is -2.15. The van der Waals surface area contributed by atoms with Crippen LogP contribution in [0.5, 0.6) is 0 Å². The van der Waals surface area contributed by atoms with Crippen molar-refractivity contribution >= 4 is 17.6 Å². The third-order valence-electron chi connectivity index (χ3n) is 1.84. The second-order valence-electron chi connectivity index (χ2n) is 3.08. The van der Waals surface area contributed by atoms with Gasteiger partial charge in [0.05, 0.1) is 5.69 Å². The molecule has 1 rings (SSSR count). The molecule has 0 saturated heterocycles. The fourth-order valence-corrected chi connectivity index (χ4v) is 0.981. The molecule has 0 bridgehead atoms. The van der Waals surface area contributed by atoms with Gasteiger partial charge in [0.2, 0.25) is 0 Å². The first-order valence-electron chi connectivity index (χ1n) is 4.42. The van der Waals surface area contributed by atoms with Gasteiger partial charge in [-0.15, -0.1) is 0 Å². The number of anilines is 1. The lowest BCUT2D eigenvalue weighted by Crippen LogP contribution is -2.41. The highest BCUT2D eigenvalue weighted by molar-refractivity contribution is 6.01. The molecule has 1 amide bonds. The Kier molecular flexibility index (Phi) is 3.84. The number of alkyl halides is 4. The number of rotatable bonds is 4. The average molecular weight is 266 g/mol. The van der Waals surface area contributed by atoms with E-state index in [2.05, 4.69) is 4.98 Å². The van der Waals surface area contributed by atoms with Gasteiger partial charge in [-0.05, 0) is 12.1 Å². The summed E-state index contributed by atoms with van der Waals surface area (Å²) in [7, 11) is 0. The van der Waals surface area contributed by atoms with Crippen LogP contribution in [0.2, 0.25) is 0 Å². The van der Waals surface area contributed by atoms with Crippen molar-refractivity contribution in [2.24, 2.45) is 0 Å². The summed E-state index contributed by atoms with van der Waals surface area (Å²) >= 11 is 0. The van der Waals surface area contributed by atoms with Crippen LogP contribution in [0.25, 0.3) is 0 Å². The van der Waals surface area contributed by atoms with Gasteiger partial charge in [-0.3, -0.25) is 4.79 Å². The van der Waals surface area contributed by atoms with Gasteiger partial charge in [0, 0.05) is 6.20 Å². The Morgan fingerprint density at radius 3 is 2.50 bits per heavy atom. The molecule has 18 heavy (non-hydrogen) atoms. The zero-order chi connectivity index (χ0) is 13.9. The number of carbonyl (C=O) groups excluding carboxylic acids is 1. The first-order chi connectivity index (χ1) is 8.26. The minimum Gasteiger partial charge on any atom is -0.476 e. The first kappa shape index (κ1) is 13.9. The predicted octanol–water partition coefficient (Wildman–Crippen LogP) is 1.62. The van der Waals surface area contributed by atoms with Gasteiger partial charge in [0.1, 0.15) is 0 Å². The van der Waals surface area contributed by atoms with Crippen molar-refractivity contribution in [1.82, 2.24) is 4.98 Å². The highest BCUT2D eigenvalue weighted by atomic mass is 19.3. The zero-order valence-corrected chi connectivity index (χ0v) is 8.53. The first-order valence-corrected chi connectivity index (χ1v) is 4.42. The summed E-state index contributed by atoms with van der Waals surface area (Å²) in [4.78, 5) is 24.8. The maximum atomic E-state index is 12.6. The van der Waals surface area contributed by atoms with E-state index in [1.165, 1.54) is 5.32 Å². The SMILES string of the molecule is O=C(O)c1ncccc1NC(=O)C(F)(F)C(F)F. The van der Waals surface area contributed by atoms with E-state index in [4.69, 9.17) is 5.11 Å². The van der Waals surface area contributed by atoms with Crippen molar-refractivity contribution < 1.29 is 32.3 Å². The molecule has 98 valence electrons. The Balaban J connectivity index is 2.99. The maximum Gasteiger partial charge on any atom is 0.383 e. The molecule has 0 saturated carbocycles. The van der Waals surface area contributed by atoms with Crippen molar-refractivity contribution in [2.45, 2.75) is 12.3 Å². The van der Waals surface area contributed by atoms with Crippen molar-refractivity contribution in [3.8, 4) is 0 Å². The molecule has 1 aromatic rings. The van der Waals surface area contributed by atoms with Crippen LogP contribution in [-0.4, -0.2) is 34.3 Å². The van der Waals surface area contributed by atoms with Crippen LogP contribution in [0.15, 0.2) is 18.3 Å². The van der Waals surface area contributed by atoms with E-state index in [1.54, 1.807) is 0 Å². The number of carbonyl (C=O) groups is 2. The smallest absolute Gasteiger partial charge is 0.383 e. The summed E-state index contributed by atoms with van der Waals surface area (Å²) in [5.41, 5.74) is -1.31. The second-order valence-corrected chi connectivity index (χ2v) is 3.08. The maximum absolute atomic E-state index is 12.6. The third kappa shape index (κ3) is 2.73. The number of pyridine rings is 1.